The minimum atomic E-state index is -0.343. The molecule has 2 fully saturated rings. The van der Waals surface area contributed by atoms with Crippen LogP contribution in [0.5, 0.6) is 0 Å². The monoisotopic (exact) mass is 252 g/mol. The fourth-order valence-corrected chi connectivity index (χ4v) is 3.16. The molecule has 1 heterocycles. The van der Waals surface area contributed by atoms with Gasteiger partial charge in [0.1, 0.15) is 12.6 Å². The highest BCUT2D eigenvalue weighted by atomic mass is 16.2. The number of rotatable bonds is 2. The molecule has 2 amide bonds. The van der Waals surface area contributed by atoms with Gasteiger partial charge in [0.15, 0.2) is 0 Å². The van der Waals surface area contributed by atoms with E-state index >= 15 is 0 Å². The van der Waals surface area contributed by atoms with E-state index in [1.54, 1.807) is 0 Å². The molecule has 0 aromatic rings. The zero-order valence-corrected chi connectivity index (χ0v) is 11.7. The summed E-state index contributed by atoms with van der Waals surface area (Å²) in [5, 5.41) is 2.82. The van der Waals surface area contributed by atoms with Crippen molar-refractivity contribution in [3.63, 3.8) is 0 Å². The third kappa shape index (κ3) is 2.38. The van der Waals surface area contributed by atoms with E-state index in [-0.39, 0.29) is 35.9 Å². The van der Waals surface area contributed by atoms with Crippen molar-refractivity contribution in [3.05, 3.63) is 0 Å². The summed E-state index contributed by atoms with van der Waals surface area (Å²) in [7, 11) is 0. The first-order valence-corrected chi connectivity index (χ1v) is 7.05. The highest BCUT2D eigenvalue weighted by Gasteiger charge is 2.43. The van der Waals surface area contributed by atoms with Gasteiger partial charge in [-0.2, -0.15) is 0 Å². The minimum Gasteiger partial charge on any atom is -0.343 e. The second kappa shape index (κ2) is 4.90. The molecule has 18 heavy (non-hydrogen) atoms. The van der Waals surface area contributed by atoms with E-state index in [0.29, 0.717) is 0 Å². The lowest BCUT2D eigenvalue weighted by atomic mass is 9.80. The Morgan fingerprint density at radius 1 is 1.22 bits per heavy atom. The van der Waals surface area contributed by atoms with E-state index in [0.717, 1.165) is 25.7 Å². The van der Waals surface area contributed by atoms with E-state index in [9.17, 15) is 9.59 Å². The molecule has 0 radical (unpaired) electrons. The lowest BCUT2D eigenvalue weighted by molar-refractivity contribution is -0.153. The lowest BCUT2D eigenvalue weighted by Gasteiger charge is -2.47. The van der Waals surface area contributed by atoms with Gasteiger partial charge in [-0.3, -0.25) is 9.59 Å². The van der Waals surface area contributed by atoms with Crippen LogP contribution in [-0.2, 0) is 9.59 Å². The first kappa shape index (κ1) is 13.4. The lowest BCUT2D eigenvalue weighted by Crippen LogP contribution is -2.65. The average molecular weight is 252 g/mol. The maximum atomic E-state index is 12.5. The molecule has 4 heteroatoms. The highest BCUT2D eigenvalue weighted by Crippen LogP contribution is 2.34. The van der Waals surface area contributed by atoms with Gasteiger partial charge in [-0.25, -0.2) is 0 Å². The zero-order valence-electron chi connectivity index (χ0n) is 11.7. The third-order valence-electron chi connectivity index (χ3n) is 4.40. The Balaban J connectivity index is 2.20. The molecule has 102 valence electrons. The van der Waals surface area contributed by atoms with Crippen LogP contribution in [0.1, 0.15) is 52.9 Å². The Morgan fingerprint density at radius 2 is 1.83 bits per heavy atom. The smallest absolute Gasteiger partial charge is 0.246 e. The number of hydrogen-bond acceptors (Lipinski definition) is 2. The average Bonchev–Trinajstić information content (AvgIpc) is 2.32. The molecule has 1 atom stereocenters. The SMILES string of the molecule is CC(C)C1NC(=O)CN(C2(C)CCCCC2)C1=O. The Labute approximate surface area is 109 Å². The van der Waals surface area contributed by atoms with Crippen molar-refractivity contribution in [1.82, 2.24) is 10.2 Å². The van der Waals surface area contributed by atoms with Gasteiger partial charge >= 0.3 is 0 Å². The zero-order chi connectivity index (χ0) is 13.3. The Hall–Kier alpha value is -1.06. The Bertz CT molecular complexity index is 346. The summed E-state index contributed by atoms with van der Waals surface area (Å²) >= 11 is 0. The van der Waals surface area contributed by atoms with Gasteiger partial charge in [-0.1, -0.05) is 33.1 Å². The normalized spacial score (nSPS) is 28.4. The van der Waals surface area contributed by atoms with Gasteiger partial charge in [0.2, 0.25) is 11.8 Å². The van der Waals surface area contributed by atoms with Gasteiger partial charge in [0.25, 0.3) is 0 Å². The summed E-state index contributed by atoms with van der Waals surface area (Å²) in [5.74, 6) is 0.241. The van der Waals surface area contributed by atoms with Gasteiger partial charge in [0, 0.05) is 5.54 Å². The maximum absolute atomic E-state index is 12.5. The van der Waals surface area contributed by atoms with Crippen LogP contribution in [0.15, 0.2) is 0 Å². The van der Waals surface area contributed by atoms with Gasteiger partial charge < -0.3 is 10.2 Å². The molecule has 1 unspecified atom stereocenters. The molecule has 2 aliphatic rings. The number of amides is 2. The molecular formula is C14H24N2O2. The predicted octanol–water partition coefficient (Wildman–Crippen LogP) is 1.69. The van der Waals surface area contributed by atoms with Crippen LogP contribution in [0.3, 0.4) is 0 Å². The Kier molecular flexibility index (Phi) is 3.64. The topological polar surface area (TPSA) is 49.4 Å². The van der Waals surface area contributed by atoms with E-state index in [4.69, 9.17) is 0 Å². The van der Waals surface area contributed by atoms with E-state index in [1.165, 1.54) is 6.42 Å². The largest absolute Gasteiger partial charge is 0.343 e. The molecule has 1 aliphatic carbocycles. The van der Waals surface area contributed by atoms with Crippen LogP contribution in [-0.4, -0.2) is 34.8 Å². The first-order chi connectivity index (χ1) is 8.44. The van der Waals surface area contributed by atoms with E-state index < -0.39 is 0 Å². The number of carbonyl (C=O) groups excluding carboxylic acids is 2. The molecule has 1 saturated carbocycles. The van der Waals surface area contributed by atoms with Crippen molar-refractivity contribution in [1.29, 1.82) is 0 Å². The number of nitrogens with one attached hydrogen (secondary N) is 1. The Morgan fingerprint density at radius 3 is 2.39 bits per heavy atom. The molecule has 2 rings (SSSR count). The molecule has 0 bridgehead atoms. The molecule has 1 saturated heterocycles. The van der Waals surface area contributed by atoms with Crippen LogP contribution in [0, 0.1) is 5.92 Å². The summed E-state index contributed by atoms with van der Waals surface area (Å²) in [6.07, 6.45) is 5.62. The third-order valence-corrected chi connectivity index (χ3v) is 4.40. The molecule has 4 nitrogen and oxygen atoms in total. The number of carbonyl (C=O) groups is 2. The number of hydrogen-bond donors (Lipinski definition) is 1. The highest BCUT2D eigenvalue weighted by molar-refractivity contribution is 5.95. The van der Waals surface area contributed by atoms with Crippen molar-refractivity contribution >= 4 is 11.8 Å². The van der Waals surface area contributed by atoms with Crippen LogP contribution in [0.2, 0.25) is 0 Å². The first-order valence-electron chi connectivity index (χ1n) is 7.05. The predicted molar refractivity (Wildman–Crippen MR) is 70.0 cm³/mol. The molecule has 0 spiro atoms. The summed E-state index contributed by atoms with van der Waals surface area (Å²) in [5.41, 5.74) is -0.111. The summed E-state index contributed by atoms with van der Waals surface area (Å²) in [6.45, 7) is 6.34. The van der Waals surface area contributed by atoms with Crippen molar-refractivity contribution < 1.29 is 9.59 Å². The quantitative estimate of drug-likeness (QED) is 0.813. The van der Waals surface area contributed by atoms with Crippen molar-refractivity contribution in [2.45, 2.75) is 64.5 Å². The van der Waals surface area contributed by atoms with E-state index in [2.05, 4.69) is 12.2 Å². The summed E-state index contributed by atoms with van der Waals surface area (Å²) < 4.78 is 0. The van der Waals surface area contributed by atoms with Gasteiger partial charge in [0.05, 0.1) is 0 Å². The van der Waals surface area contributed by atoms with Crippen LogP contribution in [0.4, 0.5) is 0 Å². The van der Waals surface area contributed by atoms with Crippen molar-refractivity contribution in [2.24, 2.45) is 5.92 Å². The van der Waals surface area contributed by atoms with Gasteiger partial charge in [-0.15, -0.1) is 0 Å². The second-order valence-corrected chi connectivity index (χ2v) is 6.27. The molecule has 1 N–H and O–H groups in total. The van der Waals surface area contributed by atoms with Crippen molar-refractivity contribution in [2.75, 3.05) is 6.54 Å². The van der Waals surface area contributed by atoms with Crippen LogP contribution < -0.4 is 5.32 Å². The van der Waals surface area contributed by atoms with Crippen molar-refractivity contribution in [3.8, 4) is 0 Å². The fourth-order valence-electron chi connectivity index (χ4n) is 3.16. The standard InChI is InChI=1S/C14H24N2O2/c1-10(2)12-13(18)16(9-11(17)15-12)14(3)7-5-4-6-8-14/h10,12H,4-9H2,1-3H3,(H,15,17). The van der Waals surface area contributed by atoms with Crippen LogP contribution >= 0.6 is 0 Å². The molecule has 0 aromatic carbocycles. The summed E-state index contributed by atoms with van der Waals surface area (Å²) in [4.78, 5) is 26.2. The molecular weight excluding hydrogens is 228 g/mol. The number of piperazine rings is 1. The summed E-state index contributed by atoms with van der Waals surface area (Å²) in [6, 6.07) is -0.343. The molecule has 1 aliphatic heterocycles. The molecule has 0 aromatic heterocycles. The number of nitrogens with zero attached hydrogens (tertiary/aromatic N) is 1. The van der Waals surface area contributed by atoms with E-state index in [1.807, 2.05) is 18.7 Å². The second-order valence-electron chi connectivity index (χ2n) is 6.27. The maximum Gasteiger partial charge on any atom is 0.246 e. The minimum absolute atomic E-state index is 0.0138. The van der Waals surface area contributed by atoms with Gasteiger partial charge in [-0.05, 0) is 25.7 Å². The fraction of sp³-hybridized carbons (Fsp3) is 0.857. The van der Waals surface area contributed by atoms with Crippen LogP contribution in [0.25, 0.3) is 0 Å².